The van der Waals surface area contributed by atoms with Crippen molar-refractivity contribution in [1.29, 1.82) is 0 Å². The van der Waals surface area contributed by atoms with Gasteiger partial charge in [-0.2, -0.15) is 0 Å². The molecule has 0 aromatic carbocycles. The summed E-state index contributed by atoms with van der Waals surface area (Å²) < 4.78 is 23.2. The number of anilines is 1. The highest BCUT2D eigenvalue weighted by molar-refractivity contribution is 7.91. The highest BCUT2D eigenvalue weighted by Crippen LogP contribution is 2.20. The molecule has 1 aromatic rings. The van der Waals surface area contributed by atoms with Crippen molar-refractivity contribution in [3.63, 3.8) is 0 Å². The van der Waals surface area contributed by atoms with Crippen LogP contribution in [0.15, 0.2) is 0 Å². The second-order valence-electron chi connectivity index (χ2n) is 4.50. The molecule has 108 valence electrons. The minimum absolute atomic E-state index is 0.0754. The molecule has 5 nitrogen and oxygen atoms in total. The summed E-state index contributed by atoms with van der Waals surface area (Å²) in [6.07, 6.45) is 0.677. The molecule has 0 saturated carbocycles. The van der Waals surface area contributed by atoms with E-state index in [1.807, 2.05) is 20.8 Å². The SMILES string of the molecule is CCc1nc(Cl)c(C)c(NC(C)CS(=O)(=O)CC)n1. The number of hydrogen-bond donors (Lipinski definition) is 1. The van der Waals surface area contributed by atoms with E-state index >= 15 is 0 Å². The standard InChI is InChI=1S/C12H20ClN3O2S/c1-5-10-15-11(13)9(4)12(16-10)14-8(3)7-19(17,18)6-2/h8H,5-7H2,1-4H3,(H,14,15,16). The van der Waals surface area contributed by atoms with Crippen molar-refractivity contribution >= 4 is 27.3 Å². The third kappa shape index (κ3) is 4.62. The molecule has 0 radical (unpaired) electrons. The summed E-state index contributed by atoms with van der Waals surface area (Å²) in [6, 6.07) is -0.223. The Morgan fingerprint density at radius 3 is 2.47 bits per heavy atom. The molecule has 0 saturated heterocycles. The van der Waals surface area contributed by atoms with Crippen molar-refractivity contribution in [2.24, 2.45) is 0 Å². The summed E-state index contributed by atoms with van der Waals surface area (Å²) in [5.41, 5.74) is 0.736. The van der Waals surface area contributed by atoms with E-state index in [9.17, 15) is 8.42 Å². The van der Waals surface area contributed by atoms with E-state index in [1.165, 1.54) is 0 Å². The maximum absolute atomic E-state index is 11.6. The number of nitrogens with one attached hydrogen (secondary N) is 1. The van der Waals surface area contributed by atoms with Crippen molar-refractivity contribution in [2.75, 3.05) is 16.8 Å². The fourth-order valence-corrected chi connectivity index (χ4v) is 2.87. The molecule has 0 aliphatic heterocycles. The van der Waals surface area contributed by atoms with Gasteiger partial charge in [0.05, 0.1) is 5.75 Å². The van der Waals surface area contributed by atoms with Gasteiger partial charge in [0.15, 0.2) is 9.84 Å². The molecule has 19 heavy (non-hydrogen) atoms. The number of nitrogens with zero attached hydrogens (tertiary/aromatic N) is 2. The van der Waals surface area contributed by atoms with Crippen LogP contribution in [0.4, 0.5) is 5.82 Å². The zero-order valence-corrected chi connectivity index (χ0v) is 13.3. The Hall–Kier alpha value is -0.880. The van der Waals surface area contributed by atoms with Gasteiger partial charge in [-0.3, -0.25) is 0 Å². The van der Waals surface area contributed by atoms with Gasteiger partial charge in [0.1, 0.15) is 16.8 Å². The lowest BCUT2D eigenvalue weighted by Gasteiger charge is -2.17. The van der Waals surface area contributed by atoms with Gasteiger partial charge in [0, 0.05) is 23.8 Å². The molecule has 1 rings (SSSR count). The molecule has 7 heteroatoms. The summed E-state index contributed by atoms with van der Waals surface area (Å²) in [6.45, 7) is 7.21. The molecular formula is C12H20ClN3O2S. The molecule has 1 heterocycles. The molecule has 1 atom stereocenters. The van der Waals surface area contributed by atoms with E-state index in [2.05, 4.69) is 15.3 Å². The highest BCUT2D eigenvalue weighted by atomic mass is 35.5. The first kappa shape index (κ1) is 16.2. The smallest absolute Gasteiger partial charge is 0.152 e. The van der Waals surface area contributed by atoms with Gasteiger partial charge in [-0.25, -0.2) is 18.4 Å². The van der Waals surface area contributed by atoms with E-state index < -0.39 is 9.84 Å². The summed E-state index contributed by atoms with van der Waals surface area (Å²) in [4.78, 5) is 8.49. The summed E-state index contributed by atoms with van der Waals surface area (Å²) in [5, 5.41) is 3.50. The molecule has 1 N–H and O–H groups in total. The summed E-state index contributed by atoms with van der Waals surface area (Å²) >= 11 is 6.03. The van der Waals surface area contributed by atoms with Gasteiger partial charge in [0.25, 0.3) is 0 Å². The van der Waals surface area contributed by atoms with E-state index in [4.69, 9.17) is 11.6 Å². The predicted octanol–water partition coefficient (Wildman–Crippen LogP) is 2.24. The Balaban J connectivity index is 2.90. The first-order chi connectivity index (χ1) is 8.79. The zero-order chi connectivity index (χ0) is 14.6. The van der Waals surface area contributed by atoms with Crippen molar-refractivity contribution in [3.8, 4) is 0 Å². The van der Waals surface area contributed by atoms with Gasteiger partial charge >= 0.3 is 0 Å². The van der Waals surface area contributed by atoms with E-state index in [-0.39, 0.29) is 17.5 Å². The molecule has 0 aliphatic carbocycles. The number of rotatable bonds is 6. The fourth-order valence-electron chi connectivity index (χ4n) is 1.61. The maximum Gasteiger partial charge on any atom is 0.152 e. The van der Waals surface area contributed by atoms with Crippen LogP contribution >= 0.6 is 11.6 Å². The number of sulfone groups is 1. The van der Waals surface area contributed by atoms with Crippen molar-refractivity contribution in [1.82, 2.24) is 9.97 Å². The van der Waals surface area contributed by atoms with Gasteiger partial charge in [0.2, 0.25) is 0 Å². The molecule has 0 spiro atoms. The van der Waals surface area contributed by atoms with Crippen LogP contribution < -0.4 is 5.32 Å². The Bertz CT molecular complexity index is 546. The van der Waals surface area contributed by atoms with Crippen LogP contribution in [0.25, 0.3) is 0 Å². The Labute approximate surface area is 119 Å². The number of halogens is 1. The lowest BCUT2D eigenvalue weighted by atomic mass is 10.3. The number of aryl methyl sites for hydroxylation is 1. The third-order valence-corrected chi connectivity index (χ3v) is 5.03. The Kier molecular flexibility index (Phi) is 5.55. The van der Waals surface area contributed by atoms with Crippen LogP contribution in [0.5, 0.6) is 0 Å². The minimum Gasteiger partial charge on any atom is -0.366 e. The first-order valence-electron chi connectivity index (χ1n) is 6.29. The molecular weight excluding hydrogens is 286 g/mol. The van der Waals surface area contributed by atoms with Crippen LogP contribution in [-0.4, -0.2) is 35.9 Å². The van der Waals surface area contributed by atoms with Crippen LogP contribution in [0.3, 0.4) is 0 Å². The average Bonchev–Trinajstić information content (AvgIpc) is 2.34. The lowest BCUT2D eigenvalue weighted by molar-refractivity contribution is 0.593. The Morgan fingerprint density at radius 1 is 1.32 bits per heavy atom. The molecule has 1 unspecified atom stereocenters. The maximum atomic E-state index is 11.6. The lowest BCUT2D eigenvalue weighted by Crippen LogP contribution is -2.27. The third-order valence-electron chi connectivity index (χ3n) is 2.78. The van der Waals surface area contributed by atoms with Crippen molar-refractivity contribution in [2.45, 2.75) is 40.2 Å². The minimum atomic E-state index is -3.02. The topological polar surface area (TPSA) is 72.0 Å². The number of aromatic nitrogens is 2. The normalized spacial score (nSPS) is 13.3. The molecule has 0 fully saturated rings. The second-order valence-corrected chi connectivity index (χ2v) is 7.26. The predicted molar refractivity (Wildman–Crippen MR) is 78.6 cm³/mol. The molecule has 0 amide bonds. The van der Waals surface area contributed by atoms with Gasteiger partial charge in [-0.05, 0) is 13.8 Å². The van der Waals surface area contributed by atoms with Crippen molar-refractivity contribution < 1.29 is 8.42 Å². The average molecular weight is 306 g/mol. The molecule has 0 bridgehead atoms. The summed E-state index contributed by atoms with van der Waals surface area (Å²) in [7, 11) is -3.02. The van der Waals surface area contributed by atoms with Crippen LogP contribution in [-0.2, 0) is 16.3 Å². The summed E-state index contributed by atoms with van der Waals surface area (Å²) in [5.74, 6) is 1.47. The number of hydrogen-bond acceptors (Lipinski definition) is 5. The first-order valence-corrected chi connectivity index (χ1v) is 8.49. The van der Waals surface area contributed by atoms with Gasteiger partial charge in [-0.15, -0.1) is 0 Å². The highest BCUT2D eigenvalue weighted by Gasteiger charge is 2.16. The largest absolute Gasteiger partial charge is 0.366 e. The zero-order valence-electron chi connectivity index (χ0n) is 11.7. The monoisotopic (exact) mass is 305 g/mol. The van der Waals surface area contributed by atoms with Crippen molar-refractivity contribution in [3.05, 3.63) is 16.5 Å². The Morgan fingerprint density at radius 2 is 1.95 bits per heavy atom. The van der Waals surface area contributed by atoms with E-state index in [1.54, 1.807) is 6.92 Å². The molecule has 1 aromatic heterocycles. The fraction of sp³-hybridized carbons (Fsp3) is 0.667. The van der Waals surface area contributed by atoms with Crippen LogP contribution in [0.1, 0.15) is 32.2 Å². The second kappa shape index (κ2) is 6.52. The van der Waals surface area contributed by atoms with Gasteiger partial charge < -0.3 is 5.32 Å². The van der Waals surface area contributed by atoms with Crippen LogP contribution in [0, 0.1) is 6.92 Å². The quantitative estimate of drug-likeness (QED) is 0.816. The van der Waals surface area contributed by atoms with Gasteiger partial charge in [-0.1, -0.05) is 25.4 Å². The molecule has 0 aliphatic rings. The van der Waals surface area contributed by atoms with Crippen LogP contribution in [0.2, 0.25) is 5.15 Å². The van der Waals surface area contributed by atoms with E-state index in [0.717, 1.165) is 5.56 Å². The van der Waals surface area contributed by atoms with E-state index in [0.29, 0.717) is 23.2 Å².